The Morgan fingerprint density at radius 1 is 0.902 bits per heavy atom. The Morgan fingerprint density at radius 2 is 1.76 bits per heavy atom. The normalized spacial score (nSPS) is 37.6. The molecule has 2 aromatic heterocycles. The number of aromatic amines is 1. The molecule has 5 nitrogen and oxygen atoms in total. The number of pyridine rings is 1. The second-order valence-corrected chi connectivity index (χ2v) is 13.5. The second kappa shape index (κ2) is 10.2. The highest BCUT2D eigenvalue weighted by Crippen LogP contribution is 2.61. The summed E-state index contributed by atoms with van der Waals surface area (Å²) >= 11 is 0. The molecule has 8 rings (SSSR count). The number of fused-ring (bicyclic) bond motifs is 5. The summed E-state index contributed by atoms with van der Waals surface area (Å²) in [6.07, 6.45) is 25.2. The van der Waals surface area contributed by atoms with Gasteiger partial charge in [-0.25, -0.2) is 0 Å². The monoisotopic (exact) mass is 548 g/mol. The summed E-state index contributed by atoms with van der Waals surface area (Å²) in [5, 5.41) is 15.5. The number of rotatable bonds is 1. The summed E-state index contributed by atoms with van der Waals surface area (Å²) in [6.45, 7) is 4.47. The van der Waals surface area contributed by atoms with Gasteiger partial charge in [0.25, 0.3) is 0 Å². The minimum atomic E-state index is -0.898. The molecular weight excluding hydrogens is 504 g/mol. The Kier molecular flexibility index (Phi) is 6.46. The van der Waals surface area contributed by atoms with Crippen LogP contribution in [0.2, 0.25) is 0 Å². The zero-order chi connectivity index (χ0) is 27.4. The number of nitrogens with zero attached hydrogens (tertiary/aromatic N) is 3. The molecule has 2 fully saturated rings. The van der Waals surface area contributed by atoms with E-state index in [4.69, 9.17) is 4.98 Å². The van der Waals surface area contributed by atoms with Crippen LogP contribution in [-0.4, -0.2) is 68.7 Å². The number of aliphatic hydroxyl groups is 1. The van der Waals surface area contributed by atoms with Crippen molar-refractivity contribution in [2.75, 3.05) is 26.2 Å². The van der Waals surface area contributed by atoms with Crippen molar-refractivity contribution in [3.63, 3.8) is 0 Å². The molecule has 1 spiro atoms. The van der Waals surface area contributed by atoms with Crippen LogP contribution in [-0.2, 0) is 0 Å². The van der Waals surface area contributed by atoms with Gasteiger partial charge in [-0.05, 0) is 114 Å². The molecule has 3 aromatic rings. The average molecular weight is 549 g/mol. The van der Waals surface area contributed by atoms with Crippen LogP contribution in [0.4, 0.5) is 0 Å². The second-order valence-electron chi connectivity index (χ2n) is 13.5. The standard InChI is InChI=1S/C36H44N4O/c41-36-18-10-4-1-2-5-11-20-39-22-17-30(35(25-39)23-26-13-7-3-6-12-21-40(26)34(35)36)29(24-36)32-33-28(16-19-37-32)27-14-8-9-15-31(27)38-33/h1,4,7-9,13-16,19,24,26,30,34,38,41H,2-3,5-6,10-12,17-18,20-23,25H2/b4-1+,13-7-/t26-,30-,34+,35-,36-/m0/s1. The molecule has 0 saturated carbocycles. The van der Waals surface area contributed by atoms with Gasteiger partial charge in [-0.1, -0.05) is 42.5 Å². The molecule has 214 valence electrons. The summed E-state index contributed by atoms with van der Waals surface area (Å²) in [5.74, 6) is 0.385. The maximum absolute atomic E-state index is 13.1. The van der Waals surface area contributed by atoms with E-state index in [1.54, 1.807) is 0 Å². The van der Waals surface area contributed by atoms with Crippen LogP contribution in [0.3, 0.4) is 0 Å². The fourth-order valence-corrected chi connectivity index (χ4v) is 9.59. The highest BCUT2D eigenvalue weighted by Gasteiger charge is 2.65. The number of hydrogen-bond donors (Lipinski definition) is 2. The van der Waals surface area contributed by atoms with E-state index < -0.39 is 5.60 Å². The van der Waals surface area contributed by atoms with Gasteiger partial charge in [-0.2, -0.15) is 0 Å². The van der Waals surface area contributed by atoms with Crippen molar-refractivity contribution in [3.05, 3.63) is 72.6 Å². The first kappa shape index (κ1) is 25.9. The average Bonchev–Trinajstić information content (AvgIpc) is 3.49. The highest BCUT2D eigenvalue weighted by atomic mass is 16.3. The lowest BCUT2D eigenvalue weighted by Crippen LogP contribution is -2.65. The summed E-state index contributed by atoms with van der Waals surface area (Å²) < 4.78 is 0. The zero-order valence-electron chi connectivity index (χ0n) is 24.3. The van der Waals surface area contributed by atoms with E-state index in [-0.39, 0.29) is 11.5 Å². The van der Waals surface area contributed by atoms with Gasteiger partial charge < -0.3 is 15.0 Å². The number of nitrogens with one attached hydrogen (secondary N) is 1. The predicted molar refractivity (Wildman–Crippen MR) is 168 cm³/mol. The van der Waals surface area contributed by atoms with E-state index in [0.29, 0.717) is 12.0 Å². The number of H-pyrrole nitrogens is 1. The first-order valence-corrected chi connectivity index (χ1v) is 16.3. The molecule has 1 aromatic carbocycles. The van der Waals surface area contributed by atoms with Gasteiger partial charge in [0.05, 0.1) is 22.9 Å². The first-order valence-electron chi connectivity index (χ1n) is 16.3. The molecule has 5 aliphatic rings. The molecule has 2 saturated heterocycles. The van der Waals surface area contributed by atoms with Gasteiger partial charge in [0.15, 0.2) is 0 Å². The van der Waals surface area contributed by atoms with Crippen LogP contribution in [0.25, 0.3) is 27.4 Å². The van der Waals surface area contributed by atoms with E-state index in [1.807, 2.05) is 6.20 Å². The zero-order valence-corrected chi connectivity index (χ0v) is 24.3. The van der Waals surface area contributed by atoms with E-state index >= 15 is 0 Å². The van der Waals surface area contributed by atoms with Gasteiger partial charge in [0, 0.05) is 40.5 Å². The van der Waals surface area contributed by atoms with Crippen molar-refractivity contribution in [1.29, 1.82) is 0 Å². The molecule has 4 aliphatic heterocycles. The maximum Gasteiger partial charge on any atom is 0.0998 e. The molecule has 6 heterocycles. The lowest BCUT2D eigenvalue weighted by atomic mass is 9.54. The third-order valence-electron chi connectivity index (χ3n) is 11.2. The first-order chi connectivity index (χ1) is 20.2. The van der Waals surface area contributed by atoms with Gasteiger partial charge in [-0.3, -0.25) is 9.88 Å². The van der Waals surface area contributed by atoms with Crippen LogP contribution < -0.4 is 0 Å². The smallest absolute Gasteiger partial charge is 0.0998 e. The van der Waals surface area contributed by atoms with Crippen LogP contribution in [0, 0.1) is 11.3 Å². The van der Waals surface area contributed by atoms with Crippen molar-refractivity contribution in [2.45, 2.75) is 81.9 Å². The molecule has 6 atom stereocenters. The maximum atomic E-state index is 13.1. The van der Waals surface area contributed by atoms with E-state index in [9.17, 15) is 5.11 Å². The van der Waals surface area contributed by atoms with Crippen LogP contribution >= 0.6 is 0 Å². The predicted octanol–water partition coefficient (Wildman–Crippen LogP) is 6.86. The number of aromatic nitrogens is 2. The van der Waals surface area contributed by atoms with Crippen LogP contribution in [0.15, 0.2) is 66.9 Å². The lowest BCUT2D eigenvalue weighted by molar-refractivity contribution is -0.0894. The van der Waals surface area contributed by atoms with E-state index in [0.717, 1.165) is 68.5 Å². The van der Waals surface area contributed by atoms with Gasteiger partial charge in [0.1, 0.15) is 0 Å². The molecular formula is C36H44N4O. The Hall–Kier alpha value is -2.73. The van der Waals surface area contributed by atoms with Gasteiger partial charge in [0.2, 0.25) is 0 Å². The minimum absolute atomic E-state index is 0.00403. The number of para-hydroxylation sites is 1. The topological polar surface area (TPSA) is 55.4 Å². The van der Waals surface area contributed by atoms with Crippen molar-refractivity contribution in [2.24, 2.45) is 11.3 Å². The number of allylic oxidation sites excluding steroid dienone is 4. The molecule has 0 radical (unpaired) electrons. The molecule has 2 N–H and O–H groups in total. The van der Waals surface area contributed by atoms with Crippen molar-refractivity contribution in [1.82, 2.24) is 19.8 Å². The van der Waals surface area contributed by atoms with Gasteiger partial charge in [-0.15, -0.1) is 0 Å². The van der Waals surface area contributed by atoms with Gasteiger partial charge >= 0.3 is 0 Å². The highest BCUT2D eigenvalue weighted by molar-refractivity contribution is 6.09. The Balaban J connectivity index is 1.35. The molecule has 3 bridgehead atoms. The fourth-order valence-electron chi connectivity index (χ4n) is 9.59. The SMILES string of the molecule is O[C@]12C=C(c3nccc4c3[nH]c3ccccc34)[C@@H]3CCN(CCCC/C=C/CC1)C[C@@]31C[C@@H]3/C=C\CCCCN3[C@H]12. The van der Waals surface area contributed by atoms with E-state index in [2.05, 4.69) is 75.5 Å². The van der Waals surface area contributed by atoms with Crippen molar-refractivity contribution < 1.29 is 5.11 Å². The van der Waals surface area contributed by atoms with Crippen molar-refractivity contribution >= 4 is 27.4 Å². The van der Waals surface area contributed by atoms with E-state index in [1.165, 1.54) is 55.0 Å². The Morgan fingerprint density at radius 3 is 2.71 bits per heavy atom. The third-order valence-corrected chi connectivity index (χ3v) is 11.2. The largest absolute Gasteiger partial charge is 0.384 e. The Bertz CT molecular complexity index is 1530. The molecule has 41 heavy (non-hydrogen) atoms. The minimum Gasteiger partial charge on any atom is -0.384 e. The molecule has 0 amide bonds. The fraction of sp³-hybridized carbons (Fsp3) is 0.528. The summed E-state index contributed by atoms with van der Waals surface area (Å²) in [5.41, 5.74) is 3.74. The third kappa shape index (κ3) is 4.18. The van der Waals surface area contributed by atoms with Crippen LogP contribution in [0.1, 0.15) is 69.9 Å². The number of hydrogen-bond acceptors (Lipinski definition) is 4. The molecule has 1 aliphatic carbocycles. The summed E-state index contributed by atoms with van der Waals surface area (Å²) in [6, 6.07) is 11.3. The Labute approximate surface area is 244 Å². The molecule has 5 heteroatoms. The number of benzene rings is 1. The van der Waals surface area contributed by atoms with Crippen LogP contribution in [0.5, 0.6) is 0 Å². The lowest BCUT2D eigenvalue weighted by Gasteiger charge is -2.58. The quantitative estimate of drug-likeness (QED) is 0.326. The van der Waals surface area contributed by atoms with Crippen molar-refractivity contribution in [3.8, 4) is 0 Å². The summed E-state index contributed by atoms with van der Waals surface area (Å²) in [7, 11) is 0. The number of piperidine rings is 1. The molecule has 1 unspecified atom stereocenters. The summed E-state index contributed by atoms with van der Waals surface area (Å²) in [4.78, 5) is 14.4.